The van der Waals surface area contributed by atoms with Crippen LogP contribution in [0.1, 0.15) is 0 Å². The summed E-state index contributed by atoms with van der Waals surface area (Å²) in [6.45, 7) is 0. The number of carbonyl (C=O) groups is 1. The van der Waals surface area contributed by atoms with Crippen LogP contribution < -0.4 is 17.2 Å². The van der Waals surface area contributed by atoms with Crippen molar-refractivity contribution in [2.45, 2.75) is 0 Å². The molecular formula is C5H10N4O. The molecule has 0 radical (unpaired) electrons. The first-order chi connectivity index (χ1) is 4.63. The Morgan fingerprint density at radius 3 is 2.10 bits per heavy atom. The van der Waals surface area contributed by atoms with Crippen LogP contribution in [0.15, 0.2) is 16.9 Å². The molecule has 0 aliphatic heterocycles. The van der Waals surface area contributed by atoms with Crippen LogP contribution in [0.5, 0.6) is 0 Å². The minimum Gasteiger partial charge on any atom is -0.403 e. The zero-order valence-electron chi connectivity index (χ0n) is 5.66. The van der Waals surface area contributed by atoms with E-state index in [-0.39, 0.29) is 11.4 Å². The molecule has 5 heteroatoms. The summed E-state index contributed by atoms with van der Waals surface area (Å²) in [6, 6.07) is 0. The Morgan fingerprint density at radius 1 is 1.50 bits per heavy atom. The smallest absolute Gasteiger partial charge is 0.269 e. The lowest BCUT2D eigenvalue weighted by atomic mass is 10.3. The van der Waals surface area contributed by atoms with E-state index >= 15 is 0 Å². The van der Waals surface area contributed by atoms with Gasteiger partial charge >= 0.3 is 0 Å². The fourth-order valence-electron chi connectivity index (χ4n) is 0.460. The van der Waals surface area contributed by atoms with Crippen molar-refractivity contribution in [1.29, 1.82) is 0 Å². The molecule has 0 unspecified atom stereocenters. The molecule has 10 heavy (non-hydrogen) atoms. The van der Waals surface area contributed by atoms with Gasteiger partial charge in [-0.2, -0.15) is 0 Å². The van der Waals surface area contributed by atoms with E-state index in [9.17, 15) is 4.79 Å². The third kappa shape index (κ3) is 1.77. The molecule has 0 atom stereocenters. The molecule has 56 valence electrons. The molecule has 0 aromatic rings. The van der Waals surface area contributed by atoms with Crippen molar-refractivity contribution >= 4 is 11.6 Å². The van der Waals surface area contributed by atoms with E-state index in [1.54, 1.807) is 0 Å². The van der Waals surface area contributed by atoms with Gasteiger partial charge in [-0.1, -0.05) is 0 Å². The van der Waals surface area contributed by atoms with Crippen LogP contribution in [-0.4, -0.2) is 18.7 Å². The van der Waals surface area contributed by atoms with Crippen LogP contribution in [0, 0.1) is 0 Å². The van der Waals surface area contributed by atoms with Crippen LogP contribution in [-0.2, 0) is 4.79 Å². The largest absolute Gasteiger partial charge is 0.403 e. The van der Waals surface area contributed by atoms with Gasteiger partial charge in [0.05, 0.1) is 5.70 Å². The van der Waals surface area contributed by atoms with E-state index in [0.29, 0.717) is 0 Å². The molecule has 0 saturated carbocycles. The highest BCUT2D eigenvalue weighted by molar-refractivity contribution is 6.44. The average molecular weight is 142 g/mol. The Bertz CT molecular complexity index is 194. The second-order valence-electron chi connectivity index (χ2n) is 1.56. The van der Waals surface area contributed by atoms with Gasteiger partial charge in [-0.25, -0.2) is 0 Å². The first-order valence-electron chi connectivity index (χ1n) is 2.57. The van der Waals surface area contributed by atoms with Gasteiger partial charge in [0.15, 0.2) is 0 Å². The summed E-state index contributed by atoms with van der Waals surface area (Å²) in [7, 11) is 1.41. The molecule has 0 bridgehead atoms. The topological polar surface area (TPSA) is 107 Å². The third-order valence-electron chi connectivity index (χ3n) is 0.910. The van der Waals surface area contributed by atoms with Gasteiger partial charge in [0, 0.05) is 13.2 Å². The van der Waals surface area contributed by atoms with Crippen molar-refractivity contribution in [3.63, 3.8) is 0 Å². The lowest BCUT2D eigenvalue weighted by molar-refractivity contribution is -0.111. The zero-order chi connectivity index (χ0) is 8.15. The van der Waals surface area contributed by atoms with E-state index in [1.807, 2.05) is 0 Å². The highest BCUT2D eigenvalue weighted by atomic mass is 16.1. The molecule has 0 spiro atoms. The zero-order valence-corrected chi connectivity index (χ0v) is 5.66. The monoisotopic (exact) mass is 142 g/mol. The van der Waals surface area contributed by atoms with Gasteiger partial charge in [-0.3, -0.25) is 9.79 Å². The number of nitrogens with two attached hydrogens (primary N) is 3. The van der Waals surface area contributed by atoms with Gasteiger partial charge in [-0.05, 0) is 0 Å². The van der Waals surface area contributed by atoms with Crippen molar-refractivity contribution in [2.75, 3.05) is 7.05 Å². The maximum atomic E-state index is 10.4. The van der Waals surface area contributed by atoms with Crippen molar-refractivity contribution in [2.24, 2.45) is 22.2 Å². The molecule has 5 nitrogen and oxygen atoms in total. The van der Waals surface area contributed by atoms with E-state index < -0.39 is 5.91 Å². The SMILES string of the molecule is CN=C(C(N)=O)C(N)=CN. The summed E-state index contributed by atoms with van der Waals surface area (Å²) in [6.07, 6.45) is 1.08. The molecule has 6 N–H and O–H groups in total. The fourth-order valence-corrected chi connectivity index (χ4v) is 0.460. The number of rotatable bonds is 2. The Morgan fingerprint density at radius 2 is 2.00 bits per heavy atom. The van der Waals surface area contributed by atoms with Crippen molar-refractivity contribution in [3.05, 3.63) is 11.9 Å². The summed E-state index contributed by atoms with van der Waals surface area (Å²) >= 11 is 0. The maximum absolute atomic E-state index is 10.4. The fraction of sp³-hybridized carbons (Fsp3) is 0.200. The number of nitrogens with zero attached hydrogens (tertiary/aromatic N) is 1. The normalized spacial score (nSPS) is 13.3. The summed E-state index contributed by atoms with van der Waals surface area (Å²) in [5.74, 6) is -0.679. The Balaban J connectivity index is 4.56. The molecule has 0 saturated heterocycles. The molecule has 0 aromatic carbocycles. The van der Waals surface area contributed by atoms with Gasteiger partial charge in [-0.15, -0.1) is 0 Å². The van der Waals surface area contributed by atoms with Crippen LogP contribution in [0.2, 0.25) is 0 Å². The van der Waals surface area contributed by atoms with Crippen molar-refractivity contribution in [3.8, 4) is 0 Å². The van der Waals surface area contributed by atoms with Crippen LogP contribution in [0.25, 0.3) is 0 Å². The van der Waals surface area contributed by atoms with Crippen LogP contribution in [0.4, 0.5) is 0 Å². The molecule has 0 heterocycles. The second kappa shape index (κ2) is 3.49. The maximum Gasteiger partial charge on any atom is 0.269 e. The van der Waals surface area contributed by atoms with E-state index in [0.717, 1.165) is 6.20 Å². The third-order valence-corrected chi connectivity index (χ3v) is 0.910. The van der Waals surface area contributed by atoms with Gasteiger partial charge in [0.1, 0.15) is 5.71 Å². The summed E-state index contributed by atoms with van der Waals surface area (Å²) in [5.41, 5.74) is 15.2. The van der Waals surface area contributed by atoms with Gasteiger partial charge in [0.25, 0.3) is 5.91 Å². The number of hydrogen-bond donors (Lipinski definition) is 3. The van der Waals surface area contributed by atoms with E-state index in [4.69, 9.17) is 17.2 Å². The number of carbonyl (C=O) groups excluding carboxylic acids is 1. The molecule has 0 aromatic heterocycles. The molecule has 0 aliphatic carbocycles. The summed E-state index contributed by atoms with van der Waals surface area (Å²) < 4.78 is 0. The minimum absolute atomic E-state index is 0.00231. The van der Waals surface area contributed by atoms with Crippen LogP contribution >= 0.6 is 0 Å². The van der Waals surface area contributed by atoms with Crippen LogP contribution in [0.3, 0.4) is 0 Å². The molecule has 0 aliphatic rings. The lowest BCUT2D eigenvalue weighted by Gasteiger charge is -1.97. The highest BCUT2D eigenvalue weighted by Gasteiger charge is 2.07. The van der Waals surface area contributed by atoms with Gasteiger partial charge < -0.3 is 17.2 Å². The number of amides is 1. The molecule has 0 rings (SSSR count). The Labute approximate surface area is 58.6 Å². The minimum atomic E-state index is -0.679. The van der Waals surface area contributed by atoms with Crippen molar-refractivity contribution in [1.82, 2.24) is 0 Å². The first kappa shape index (κ1) is 8.48. The molecule has 0 fully saturated rings. The summed E-state index contributed by atoms with van der Waals surface area (Å²) in [5, 5.41) is 0. The Hall–Kier alpha value is -1.52. The predicted molar refractivity (Wildman–Crippen MR) is 39.0 cm³/mol. The standard InChI is InChI=1S/C5H10N4O/c1-9-4(5(8)10)3(7)2-6/h2H,6-7H2,1H3,(H2,8,10). The lowest BCUT2D eigenvalue weighted by Crippen LogP contribution is -2.29. The summed E-state index contributed by atoms with van der Waals surface area (Å²) in [4.78, 5) is 14.0. The van der Waals surface area contributed by atoms with Gasteiger partial charge in [0.2, 0.25) is 0 Å². The highest BCUT2D eigenvalue weighted by Crippen LogP contribution is 1.85. The predicted octanol–water partition coefficient (Wildman–Crippen LogP) is -1.70. The quantitative estimate of drug-likeness (QED) is 0.400. The number of hydrogen-bond acceptors (Lipinski definition) is 4. The van der Waals surface area contributed by atoms with E-state index in [2.05, 4.69) is 4.99 Å². The molecule has 1 amide bonds. The molecular weight excluding hydrogens is 132 g/mol. The first-order valence-corrected chi connectivity index (χ1v) is 2.57. The average Bonchev–Trinajstić information content (AvgIpc) is 1.88. The van der Waals surface area contributed by atoms with E-state index in [1.165, 1.54) is 7.05 Å². The second-order valence-corrected chi connectivity index (χ2v) is 1.56. The van der Waals surface area contributed by atoms with Crippen molar-refractivity contribution < 1.29 is 4.79 Å². The number of aliphatic imine (C=N–C) groups is 1. The number of primary amides is 1. The Kier molecular flexibility index (Phi) is 2.96.